The Kier molecular flexibility index (Phi) is 10.9. The number of amides is 2. The number of hydrogen-bond donors (Lipinski definition) is 1. The van der Waals surface area contributed by atoms with Crippen molar-refractivity contribution in [2.75, 3.05) is 12.3 Å². The zero-order chi connectivity index (χ0) is 24.9. The predicted molar refractivity (Wildman–Crippen MR) is 145 cm³/mol. The molecule has 0 bridgehead atoms. The van der Waals surface area contributed by atoms with Crippen LogP contribution < -0.4 is 5.32 Å². The van der Waals surface area contributed by atoms with E-state index in [1.807, 2.05) is 60.7 Å². The normalized spacial score (nSPS) is 11.6. The Morgan fingerprint density at radius 1 is 0.886 bits per heavy atom. The van der Waals surface area contributed by atoms with Crippen LogP contribution in [0.25, 0.3) is 0 Å². The highest BCUT2D eigenvalue weighted by Gasteiger charge is 2.30. The maximum atomic E-state index is 13.6. The largest absolute Gasteiger partial charge is 0.354 e. The molecule has 5 heteroatoms. The minimum atomic E-state index is -0.564. The number of thioether (sulfide) groups is 1. The van der Waals surface area contributed by atoms with Crippen molar-refractivity contribution in [1.29, 1.82) is 0 Å². The maximum absolute atomic E-state index is 13.6. The SMILES string of the molecule is CCCCNC(=O)[C@H](Cc1ccccc1)N(Cc1ccccc1)C(=O)CCSc1ccc(C)cc1. The molecule has 35 heavy (non-hydrogen) atoms. The van der Waals surface area contributed by atoms with E-state index in [9.17, 15) is 9.59 Å². The van der Waals surface area contributed by atoms with Gasteiger partial charge in [-0.15, -0.1) is 11.8 Å². The van der Waals surface area contributed by atoms with E-state index in [-0.39, 0.29) is 11.8 Å². The van der Waals surface area contributed by atoms with Crippen molar-refractivity contribution in [3.05, 3.63) is 102 Å². The summed E-state index contributed by atoms with van der Waals surface area (Å²) in [4.78, 5) is 29.9. The lowest BCUT2D eigenvalue weighted by atomic mass is 10.0. The summed E-state index contributed by atoms with van der Waals surface area (Å²) < 4.78 is 0. The number of rotatable bonds is 13. The monoisotopic (exact) mass is 488 g/mol. The third-order valence-corrected chi connectivity index (χ3v) is 6.92. The molecule has 1 N–H and O–H groups in total. The van der Waals surface area contributed by atoms with Crippen molar-refractivity contribution in [3.8, 4) is 0 Å². The summed E-state index contributed by atoms with van der Waals surface area (Å²) in [6.07, 6.45) is 2.79. The van der Waals surface area contributed by atoms with Crippen molar-refractivity contribution < 1.29 is 9.59 Å². The molecule has 0 saturated carbocycles. The van der Waals surface area contributed by atoms with Gasteiger partial charge in [-0.2, -0.15) is 0 Å². The van der Waals surface area contributed by atoms with Crippen LogP contribution in [0.2, 0.25) is 0 Å². The summed E-state index contributed by atoms with van der Waals surface area (Å²) >= 11 is 1.67. The highest BCUT2D eigenvalue weighted by atomic mass is 32.2. The number of nitrogens with zero attached hydrogens (tertiary/aromatic N) is 1. The van der Waals surface area contributed by atoms with Gasteiger partial charge in [-0.3, -0.25) is 9.59 Å². The van der Waals surface area contributed by atoms with Crippen LogP contribution in [0, 0.1) is 6.92 Å². The van der Waals surface area contributed by atoms with Gasteiger partial charge in [-0.05, 0) is 36.6 Å². The first-order valence-electron chi connectivity index (χ1n) is 12.4. The first-order valence-corrected chi connectivity index (χ1v) is 13.4. The van der Waals surface area contributed by atoms with Gasteiger partial charge in [0.25, 0.3) is 0 Å². The van der Waals surface area contributed by atoms with Crippen LogP contribution in [0.5, 0.6) is 0 Å². The number of aryl methyl sites for hydroxylation is 1. The van der Waals surface area contributed by atoms with Crippen LogP contribution >= 0.6 is 11.8 Å². The van der Waals surface area contributed by atoms with Crippen LogP contribution in [0.15, 0.2) is 89.8 Å². The zero-order valence-electron chi connectivity index (χ0n) is 20.8. The Balaban J connectivity index is 1.79. The summed E-state index contributed by atoms with van der Waals surface area (Å²) in [5.41, 5.74) is 3.28. The quantitative estimate of drug-likeness (QED) is 0.236. The number of benzene rings is 3. The minimum Gasteiger partial charge on any atom is -0.354 e. The van der Waals surface area contributed by atoms with E-state index in [2.05, 4.69) is 43.4 Å². The molecule has 3 rings (SSSR count). The number of carbonyl (C=O) groups is 2. The third-order valence-electron chi connectivity index (χ3n) is 5.90. The van der Waals surface area contributed by atoms with E-state index in [4.69, 9.17) is 0 Å². The second-order valence-electron chi connectivity index (χ2n) is 8.77. The van der Waals surface area contributed by atoms with Crippen LogP contribution in [-0.4, -0.2) is 35.1 Å². The summed E-state index contributed by atoms with van der Waals surface area (Å²) in [6.45, 7) is 5.20. The van der Waals surface area contributed by atoms with Crippen LogP contribution in [0.4, 0.5) is 0 Å². The second-order valence-corrected chi connectivity index (χ2v) is 9.94. The number of hydrogen-bond acceptors (Lipinski definition) is 3. The fourth-order valence-electron chi connectivity index (χ4n) is 3.87. The van der Waals surface area contributed by atoms with E-state index >= 15 is 0 Å². The van der Waals surface area contributed by atoms with Gasteiger partial charge in [0.2, 0.25) is 11.8 Å². The molecule has 3 aromatic rings. The van der Waals surface area contributed by atoms with Gasteiger partial charge < -0.3 is 10.2 Å². The average Bonchev–Trinajstić information content (AvgIpc) is 2.88. The first-order chi connectivity index (χ1) is 17.1. The van der Waals surface area contributed by atoms with Gasteiger partial charge in [0, 0.05) is 36.6 Å². The van der Waals surface area contributed by atoms with E-state index in [1.54, 1.807) is 16.7 Å². The fourth-order valence-corrected chi connectivity index (χ4v) is 4.72. The smallest absolute Gasteiger partial charge is 0.243 e. The molecular formula is C30H36N2O2S. The van der Waals surface area contributed by atoms with Crippen molar-refractivity contribution in [1.82, 2.24) is 10.2 Å². The highest BCUT2D eigenvalue weighted by Crippen LogP contribution is 2.21. The molecule has 2 amide bonds. The molecule has 0 radical (unpaired) electrons. The summed E-state index contributed by atoms with van der Waals surface area (Å²) in [6, 6.07) is 27.7. The molecule has 0 aliphatic carbocycles. The topological polar surface area (TPSA) is 49.4 Å². The molecule has 0 saturated heterocycles. The fraction of sp³-hybridized carbons (Fsp3) is 0.333. The molecule has 184 valence electrons. The van der Waals surface area contributed by atoms with Crippen molar-refractivity contribution in [2.45, 2.75) is 57.0 Å². The predicted octanol–water partition coefficient (Wildman–Crippen LogP) is 6.03. The third kappa shape index (κ3) is 8.91. The van der Waals surface area contributed by atoms with Crippen molar-refractivity contribution >= 4 is 23.6 Å². The van der Waals surface area contributed by atoms with E-state index < -0.39 is 6.04 Å². The number of nitrogens with one attached hydrogen (secondary N) is 1. The Morgan fingerprint density at radius 3 is 2.14 bits per heavy atom. The summed E-state index contributed by atoms with van der Waals surface area (Å²) in [5.74, 6) is 0.584. The summed E-state index contributed by atoms with van der Waals surface area (Å²) in [7, 11) is 0. The van der Waals surface area contributed by atoms with Gasteiger partial charge in [0.15, 0.2) is 0 Å². The molecule has 0 fully saturated rings. The van der Waals surface area contributed by atoms with Crippen LogP contribution in [0.3, 0.4) is 0 Å². The Hall–Kier alpha value is -3.05. The lowest BCUT2D eigenvalue weighted by Gasteiger charge is -2.31. The molecule has 1 atom stereocenters. The van der Waals surface area contributed by atoms with Gasteiger partial charge in [-0.1, -0.05) is 91.7 Å². The van der Waals surface area contributed by atoms with Crippen molar-refractivity contribution in [3.63, 3.8) is 0 Å². The number of carbonyl (C=O) groups excluding carboxylic acids is 2. The number of unbranched alkanes of at least 4 members (excludes halogenated alkanes) is 1. The van der Waals surface area contributed by atoms with Gasteiger partial charge in [0.05, 0.1) is 0 Å². The molecule has 0 unspecified atom stereocenters. The van der Waals surface area contributed by atoms with Crippen LogP contribution in [-0.2, 0) is 22.6 Å². The minimum absolute atomic E-state index is 0.0000346. The van der Waals surface area contributed by atoms with E-state index in [0.29, 0.717) is 31.7 Å². The average molecular weight is 489 g/mol. The molecule has 0 spiro atoms. The summed E-state index contributed by atoms with van der Waals surface area (Å²) in [5, 5.41) is 3.07. The Labute approximate surface area is 214 Å². The zero-order valence-corrected chi connectivity index (χ0v) is 21.6. The lowest BCUT2D eigenvalue weighted by molar-refractivity contribution is -0.141. The lowest BCUT2D eigenvalue weighted by Crippen LogP contribution is -2.50. The van der Waals surface area contributed by atoms with Gasteiger partial charge in [-0.25, -0.2) is 0 Å². The Morgan fingerprint density at radius 2 is 1.51 bits per heavy atom. The van der Waals surface area contributed by atoms with Gasteiger partial charge in [0.1, 0.15) is 6.04 Å². The molecule has 0 heterocycles. The first kappa shape index (κ1) is 26.6. The van der Waals surface area contributed by atoms with Crippen molar-refractivity contribution in [2.24, 2.45) is 0 Å². The standard InChI is InChI=1S/C30H36N2O2S/c1-3-4-20-31-30(34)28(22-25-11-7-5-8-12-25)32(23-26-13-9-6-10-14-26)29(33)19-21-35-27-17-15-24(2)16-18-27/h5-18,28H,3-4,19-23H2,1-2H3,(H,31,34)/t28-/m0/s1. The molecule has 0 aromatic heterocycles. The Bertz CT molecular complexity index is 1040. The second kappa shape index (κ2) is 14.4. The molecule has 4 nitrogen and oxygen atoms in total. The maximum Gasteiger partial charge on any atom is 0.243 e. The van der Waals surface area contributed by atoms with E-state index in [0.717, 1.165) is 28.9 Å². The van der Waals surface area contributed by atoms with E-state index in [1.165, 1.54) is 5.56 Å². The van der Waals surface area contributed by atoms with Gasteiger partial charge >= 0.3 is 0 Å². The van der Waals surface area contributed by atoms with Crippen LogP contribution in [0.1, 0.15) is 42.9 Å². The molecule has 0 aliphatic rings. The highest BCUT2D eigenvalue weighted by molar-refractivity contribution is 7.99. The molecular weight excluding hydrogens is 452 g/mol. The molecule has 3 aromatic carbocycles. The molecule has 0 aliphatic heterocycles.